The summed E-state index contributed by atoms with van der Waals surface area (Å²) < 4.78 is 5.53. The van der Waals surface area contributed by atoms with Gasteiger partial charge in [-0.1, -0.05) is 28.1 Å². The molecule has 0 unspecified atom stereocenters. The monoisotopic (exact) mass is 363 g/mol. The van der Waals surface area contributed by atoms with Crippen molar-refractivity contribution in [2.75, 3.05) is 7.11 Å². The van der Waals surface area contributed by atoms with Gasteiger partial charge in [-0.05, 0) is 24.6 Å². The summed E-state index contributed by atoms with van der Waals surface area (Å²) in [4.78, 5) is 31.3. The number of nitrogens with one attached hydrogen (secondary N) is 1. The maximum atomic E-state index is 12.2. The molecule has 6 nitrogen and oxygen atoms in total. The minimum atomic E-state index is -0.614. The van der Waals surface area contributed by atoms with Gasteiger partial charge in [-0.3, -0.25) is 4.79 Å². The average molecular weight is 364 g/mol. The van der Waals surface area contributed by atoms with Gasteiger partial charge < -0.3 is 10.1 Å². The van der Waals surface area contributed by atoms with E-state index < -0.39 is 5.97 Å². The van der Waals surface area contributed by atoms with E-state index in [1.807, 2.05) is 31.2 Å². The van der Waals surface area contributed by atoms with E-state index in [9.17, 15) is 9.59 Å². The molecule has 2 aromatic rings. The maximum absolute atomic E-state index is 12.2. The van der Waals surface area contributed by atoms with Crippen LogP contribution < -0.4 is 5.32 Å². The highest BCUT2D eigenvalue weighted by Gasteiger charge is 2.15. The van der Waals surface area contributed by atoms with Gasteiger partial charge >= 0.3 is 5.97 Å². The molecule has 0 radical (unpaired) electrons. The van der Waals surface area contributed by atoms with Gasteiger partial charge in [0.2, 0.25) is 0 Å². The molecule has 0 saturated carbocycles. The molecule has 0 saturated heterocycles. The van der Waals surface area contributed by atoms with Gasteiger partial charge in [0, 0.05) is 10.5 Å². The summed E-state index contributed by atoms with van der Waals surface area (Å²) in [6.07, 6.45) is 1.16. The zero-order valence-electron chi connectivity index (χ0n) is 12.0. The summed E-state index contributed by atoms with van der Waals surface area (Å²) in [6, 6.07) is 8.73. The van der Waals surface area contributed by atoms with E-state index in [0.717, 1.165) is 16.4 Å². The molecule has 1 aromatic carbocycles. The number of hydrogen-bond acceptors (Lipinski definition) is 5. The fourth-order valence-corrected chi connectivity index (χ4v) is 2.07. The number of ether oxygens (including phenoxy) is 1. The number of nitrogens with zero attached hydrogens (tertiary/aromatic N) is 2. The molecule has 1 amide bonds. The molecule has 0 aliphatic carbocycles. The number of amides is 1. The third-order valence-corrected chi connectivity index (χ3v) is 3.54. The van der Waals surface area contributed by atoms with Crippen LogP contribution in [0, 0.1) is 0 Å². The SMILES string of the molecule is COC(=O)c1cc(C(=O)N[C@@H](C)c2ccc(Br)cc2)ncn1. The number of aromatic nitrogens is 2. The molecule has 0 aliphatic heterocycles. The minimum absolute atomic E-state index is 0.0407. The van der Waals surface area contributed by atoms with Crippen molar-refractivity contribution in [3.63, 3.8) is 0 Å². The summed E-state index contributed by atoms with van der Waals surface area (Å²) >= 11 is 3.36. The Morgan fingerprint density at radius 1 is 1.18 bits per heavy atom. The van der Waals surface area contributed by atoms with Gasteiger partial charge in [0.25, 0.3) is 5.91 Å². The molecule has 1 atom stereocenters. The number of benzene rings is 1. The van der Waals surface area contributed by atoms with E-state index in [-0.39, 0.29) is 23.3 Å². The molecule has 1 aromatic heterocycles. The van der Waals surface area contributed by atoms with E-state index in [1.165, 1.54) is 13.2 Å². The number of carbonyl (C=O) groups is 2. The van der Waals surface area contributed by atoms with Crippen LogP contribution in [-0.4, -0.2) is 29.0 Å². The third kappa shape index (κ3) is 3.88. The minimum Gasteiger partial charge on any atom is -0.464 e. The van der Waals surface area contributed by atoms with Crippen LogP contribution in [0.1, 0.15) is 39.5 Å². The second-order valence-corrected chi connectivity index (χ2v) is 5.44. The zero-order chi connectivity index (χ0) is 16.1. The molecule has 0 spiro atoms. The van der Waals surface area contributed by atoms with Gasteiger partial charge in [0.15, 0.2) is 5.69 Å². The summed E-state index contributed by atoms with van der Waals surface area (Å²) in [6.45, 7) is 1.86. The first-order chi connectivity index (χ1) is 10.5. The molecule has 0 fully saturated rings. The van der Waals surface area contributed by atoms with E-state index in [2.05, 4.69) is 36.0 Å². The molecule has 0 aliphatic rings. The molecule has 7 heteroatoms. The van der Waals surface area contributed by atoms with Crippen molar-refractivity contribution in [1.82, 2.24) is 15.3 Å². The van der Waals surface area contributed by atoms with Crippen LogP contribution in [0.3, 0.4) is 0 Å². The first-order valence-corrected chi connectivity index (χ1v) is 7.27. The first kappa shape index (κ1) is 16.1. The molecule has 0 bridgehead atoms. The standard InChI is InChI=1S/C15H14BrN3O3/c1-9(10-3-5-11(16)6-4-10)19-14(20)12-7-13(15(21)22-2)18-8-17-12/h3-9H,1-2H3,(H,19,20)/t9-/m0/s1. The highest BCUT2D eigenvalue weighted by Crippen LogP contribution is 2.16. The lowest BCUT2D eigenvalue weighted by atomic mass is 10.1. The largest absolute Gasteiger partial charge is 0.464 e. The highest BCUT2D eigenvalue weighted by atomic mass is 79.9. The lowest BCUT2D eigenvalue weighted by Gasteiger charge is -2.14. The number of halogens is 1. The number of esters is 1. The van der Waals surface area contributed by atoms with Crippen molar-refractivity contribution in [3.05, 3.63) is 58.1 Å². The topological polar surface area (TPSA) is 81.2 Å². The van der Waals surface area contributed by atoms with E-state index in [4.69, 9.17) is 0 Å². The van der Waals surface area contributed by atoms with E-state index in [1.54, 1.807) is 0 Å². The number of hydrogen-bond donors (Lipinski definition) is 1. The van der Waals surface area contributed by atoms with Crippen LogP contribution in [0.5, 0.6) is 0 Å². The van der Waals surface area contributed by atoms with E-state index in [0.29, 0.717) is 0 Å². The second-order valence-electron chi connectivity index (χ2n) is 4.53. The van der Waals surface area contributed by atoms with Gasteiger partial charge in [-0.2, -0.15) is 0 Å². The van der Waals surface area contributed by atoms with Crippen molar-refractivity contribution < 1.29 is 14.3 Å². The lowest BCUT2D eigenvalue weighted by Crippen LogP contribution is -2.27. The van der Waals surface area contributed by atoms with Crippen LogP contribution in [-0.2, 0) is 4.74 Å². The first-order valence-electron chi connectivity index (χ1n) is 6.48. The quantitative estimate of drug-likeness (QED) is 0.844. The Bertz CT molecular complexity index is 689. The Morgan fingerprint density at radius 3 is 2.45 bits per heavy atom. The van der Waals surface area contributed by atoms with Crippen LogP contribution in [0.4, 0.5) is 0 Å². The van der Waals surface area contributed by atoms with E-state index >= 15 is 0 Å². The van der Waals surface area contributed by atoms with Crippen LogP contribution in [0.2, 0.25) is 0 Å². The molecular weight excluding hydrogens is 350 g/mol. The van der Waals surface area contributed by atoms with Crippen molar-refractivity contribution in [2.24, 2.45) is 0 Å². The molecular formula is C15H14BrN3O3. The number of rotatable bonds is 4. The van der Waals surface area contributed by atoms with Gasteiger partial charge in [-0.15, -0.1) is 0 Å². The highest BCUT2D eigenvalue weighted by molar-refractivity contribution is 9.10. The van der Waals surface area contributed by atoms with Crippen molar-refractivity contribution >= 4 is 27.8 Å². The summed E-state index contributed by atoms with van der Waals surface area (Å²) in [5, 5.41) is 2.82. The predicted molar refractivity (Wildman–Crippen MR) is 83.4 cm³/mol. The van der Waals surface area contributed by atoms with Gasteiger partial charge in [0.05, 0.1) is 13.2 Å². The predicted octanol–water partition coefficient (Wildman–Crippen LogP) is 2.52. The van der Waals surface area contributed by atoms with Gasteiger partial charge in [0.1, 0.15) is 12.0 Å². The van der Waals surface area contributed by atoms with Crippen molar-refractivity contribution in [2.45, 2.75) is 13.0 Å². The molecule has 1 N–H and O–H groups in total. The lowest BCUT2D eigenvalue weighted by molar-refractivity contribution is 0.0593. The average Bonchev–Trinajstić information content (AvgIpc) is 2.54. The second kappa shape index (κ2) is 7.13. The van der Waals surface area contributed by atoms with Crippen LogP contribution in [0.15, 0.2) is 41.1 Å². The van der Waals surface area contributed by atoms with Crippen LogP contribution >= 0.6 is 15.9 Å². The normalized spacial score (nSPS) is 11.6. The molecule has 114 valence electrons. The number of carbonyl (C=O) groups excluding carboxylic acids is 2. The zero-order valence-corrected chi connectivity index (χ0v) is 13.6. The summed E-state index contributed by atoms with van der Waals surface area (Å²) in [7, 11) is 1.25. The van der Waals surface area contributed by atoms with Gasteiger partial charge in [-0.25, -0.2) is 14.8 Å². The summed E-state index contributed by atoms with van der Waals surface area (Å²) in [5.74, 6) is -1.000. The molecule has 1 heterocycles. The maximum Gasteiger partial charge on any atom is 0.356 e. The Morgan fingerprint density at radius 2 is 1.82 bits per heavy atom. The smallest absolute Gasteiger partial charge is 0.356 e. The fourth-order valence-electron chi connectivity index (χ4n) is 1.80. The Hall–Kier alpha value is -2.28. The van der Waals surface area contributed by atoms with Crippen molar-refractivity contribution in [3.8, 4) is 0 Å². The third-order valence-electron chi connectivity index (χ3n) is 3.01. The van der Waals surface area contributed by atoms with Crippen LogP contribution in [0.25, 0.3) is 0 Å². The fraction of sp³-hybridized carbons (Fsp3) is 0.200. The Balaban J connectivity index is 2.11. The molecule has 2 rings (SSSR count). The number of methoxy groups -OCH3 is 1. The Kier molecular flexibility index (Phi) is 5.21. The Labute approximate surface area is 136 Å². The summed E-state index contributed by atoms with van der Waals surface area (Å²) in [5.41, 5.74) is 1.11. The van der Waals surface area contributed by atoms with Crippen molar-refractivity contribution in [1.29, 1.82) is 0 Å². The molecule has 22 heavy (non-hydrogen) atoms.